The Morgan fingerprint density at radius 3 is 2.65 bits per heavy atom. The number of benzene rings is 1. The molecule has 4 heteroatoms. The van der Waals surface area contributed by atoms with E-state index in [0.29, 0.717) is 11.5 Å². The highest BCUT2D eigenvalue weighted by atomic mass is 16.7. The maximum Gasteiger partial charge on any atom is 0.200 e. The number of hydrogen-bond donors (Lipinski definition) is 0. The van der Waals surface area contributed by atoms with E-state index in [9.17, 15) is 0 Å². The number of hydrogen-bond acceptors (Lipinski definition) is 4. The number of ether oxygens (including phenoxy) is 4. The van der Waals surface area contributed by atoms with Crippen molar-refractivity contribution in [1.29, 1.82) is 0 Å². The van der Waals surface area contributed by atoms with Crippen molar-refractivity contribution in [3.05, 3.63) is 18.2 Å². The maximum absolute atomic E-state index is 5.79. The average molecular weight is 238 g/mol. The van der Waals surface area contributed by atoms with Gasteiger partial charge < -0.3 is 18.9 Å². The minimum atomic E-state index is -0.176. The Morgan fingerprint density at radius 2 is 2.00 bits per heavy atom. The van der Waals surface area contributed by atoms with E-state index >= 15 is 0 Å². The van der Waals surface area contributed by atoms with Crippen LogP contribution in [-0.4, -0.2) is 27.1 Å². The molecule has 1 heterocycles. The first-order valence-corrected chi connectivity index (χ1v) is 5.84. The van der Waals surface area contributed by atoms with Gasteiger partial charge in [0, 0.05) is 12.5 Å². The first-order valence-electron chi connectivity index (χ1n) is 5.84. The normalized spacial score (nSPS) is 19.8. The van der Waals surface area contributed by atoms with Crippen LogP contribution in [0, 0.1) is 0 Å². The van der Waals surface area contributed by atoms with Crippen LogP contribution in [-0.2, 0) is 4.74 Å². The molecule has 1 aromatic rings. The Labute approximate surface area is 101 Å². The fourth-order valence-corrected chi connectivity index (χ4v) is 1.82. The van der Waals surface area contributed by atoms with Crippen molar-refractivity contribution in [2.45, 2.75) is 25.6 Å². The van der Waals surface area contributed by atoms with Gasteiger partial charge in [0.25, 0.3) is 0 Å². The van der Waals surface area contributed by atoms with Gasteiger partial charge in [0.15, 0.2) is 17.8 Å². The first-order chi connectivity index (χ1) is 8.33. The second kappa shape index (κ2) is 5.77. The molecule has 0 aliphatic carbocycles. The molecule has 1 aliphatic rings. The highest BCUT2D eigenvalue weighted by molar-refractivity contribution is 5.45. The second-order valence-electron chi connectivity index (χ2n) is 3.93. The molecule has 1 fully saturated rings. The Kier molecular flexibility index (Phi) is 4.09. The molecule has 1 aromatic carbocycles. The molecular weight excluding hydrogens is 220 g/mol. The lowest BCUT2D eigenvalue weighted by atomic mass is 10.2. The third-order valence-electron chi connectivity index (χ3n) is 2.77. The Balaban J connectivity index is 2.11. The molecule has 0 N–H and O–H groups in total. The van der Waals surface area contributed by atoms with Gasteiger partial charge in [0.1, 0.15) is 5.75 Å². The Bertz CT molecular complexity index is 358. The molecule has 4 nitrogen and oxygen atoms in total. The van der Waals surface area contributed by atoms with Crippen LogP contribution < -0.4 is 14.2 Å². The third kappa shape index (κ3) is 3.03. The van der Waals surface area contributed by atoms with Crippen LogP contribution in [0.5, 0.6) is 17.2 Å². The van der Waals surface area contributed by atoms with Crippen molar-refractivity contribution < 1.29 is 18.9 Å². The summed E-state index contributed by atoms with van der Waals surface area (Å²) in [5.74, 6) is 2.11. The van der Waals surface area contributed by atoms with E-state index in [1.165, 1.54) is 0 Å². The number of rotatable bonds is 4. The van der Waals surface area contributed by atoms with Crippen molar-refractivity contribution in [1.82, 2.24) is 0 Å². The zero-order chi connectivity index (χ0) is 12.1. The predicted octanol–water partition coefficient (Wildman–Crippen LogP) is 2.61. The standard InChI is InChI=1S/C13H18O4/c1-14-10-6-7-11(15-2)12(9-10)17-13-5-3-4-8-16-13/h6-7,9,13H,3-5,8H2,1-2H3. The Hall–Kier alpha value is -1.42. The SMILES string of the molecule is COc1ccc(OC)c(OC2CCCCO2)c1. The smallest absolute Gasteiger partial charge is 0.200 e. The van der Waals surface area contributed by atoms with E-state index in [2.05, 4.69) is 0 Å². The zero-order valence-electron chi connectivity index (χ0n) is 10.3. The molecule has 1 saturated heterocycles. The van der Waals surface area contributed by atoms with Crippen LogP contribution in [0.4, 0.5) is 0 Å². The summed E-state index contributed by atoms with van der Waals surface area (Å²) in [5.41, 5.74) is 0. The van der Waals surface area contributed by atoms with Crippen molar-refractivity contribution in [2.75, 3.05) is 20.8 Å². The highest BCUT2D eigenvalue weighted by Gasteiger charge is 2.17. The molecule has 0 amide bonds. The summed E-state index contributed by atoms with van der Waals surface area (Å²) in [6.45, 7) is 0.761. The van der Waals surface area contributed by atoms with Gasteiger partial charge >= 0.3 is 0 Å². The topological polar surface area (TPSA) is 36.9 Å². The van der Waals surface area contributed by atoms with E-state index in [0.717, 1.165) is 31.6 Å². The maximum atomic E-state index is 5.79. The summed E-state index contributed by atoms with van der Waals surface area (Å²) in [6, 6.07) is 5.49. The summed E-state index contributed by atoms with van der Waals surface area (Å²) in [6.07, 6.45) is 2.98. The summed E-state index contributed by atoms with van der Waals surface area (Å²) < 4.78 is 21.7. The van der Waals surface area contributed by atoms with E-state index < -0.39 is 0 Å². The minimum absolute atomic E-state index is 0.176. The molecule has 0 aromatic heterocycles. The first kappa shape index (κ1) is 12.0. The molecule has 1 aliphatic heterocycles. The third-order valence-corrected chi connectivity index (χ3v) is 2.77. The summed E-state index contributed by atoms with van der Waals surface area (Å²) in [4.78, 5) is 0. The summed E-state index contributed by atoms with van der Waals surface area (Å²) in [7, 11) is 3.25. The van der Waals surface area contributed by atoms with Crippen LogP contribution in [0.25, 0.3) is 0 Å². The lowest BCUT2D eigenvalue weighted by Gasteiger charge is -2.24. The van der Waals surface area contributed by atoms with Gasteiger partial charge in [-0.05, 0) is 25.0 Å². The quantitative estimate of drug-likeness (QED) is 0.808. The van der Waals surface area contributed by atoms with Gasteiger partial charge in [-0.15, -0.1) is 0 Å². The van der Waals surface area contributed by atoms with Gasteiger partial charge in [-0.1, -0.05) is 0 Å². The predicted molar refractivity (Wildman–Crippen MR) is 63.8 cm³/mol. The second-order valence-corrected chi connectivity index (χ2v) is 3.93. The van der Waals surface area contributed by atoms with Gasteiger partial charge in [-0.3, -0.25) is 0 Å². The van der Waals surface area contributed by atoms with Gasteiger partial charge in [0.05, 0.1) is 20.8 Å². The van der Waals surface area contributed by atoms with Crippen LogP contribution in [0.15, 0.2) is 18.2 Å². The summed E-state index contributed by atoms with van der Waals surface area (Å²) >= 11 is 0. The van der Waals surface area contributed by atoms with E-state index in [4.69, 9.17) is 18.9 Å². The van der Waals surface area contributed by atoms with Crippen LogP contribution >= 0.6 is 0 Å². The number of methoxy groups -OCH3 is 2. The van der Waals surface area contributed by atoms with Crippen molar-refractivity contribution in [3.63, 3.8) is 0 Å². The molecular formula is C13H18O4. The zero-order valence-corrected chi connectivity index (χ0v) is 10.3. The average Bonchev–Trinajstić information content (AvgIpc) is 2.40. The molecule has 17 heavy (non-hydrogen) atoms. The molecule has 94 valence electrons. The Morgan fingerprint density at radius 1 is 1.12 bits per heavy atom. The lowest BCUT2D eigenvalue weighted by Crippen LogP contribution is -2.25. The summed E-state index contributed by atoms with van der Waals surface area (Å²) in [5, 5.41) is 0. The molecule has 0 radical (unpaired) electrons. The molecule has 0 saturated carbocycles. The molecule has 2 rings (SSSR count). The molecule has 0 spiro atoms. The van der Waals surface area contributed by atoms with Crippen LogP contribution in [0.3, 0.4) is 0 Å². The molecule has 1 unspecified atom stereocenters. The van der Waals surface area contributed by atoms with Crippen molar-refractivity contribution in [3.8, 4) is 17.2 Å². The van der Waals surface area contributed by atoms with E-state index in [1.54, 1.807) is 14.2 Å². The minimum Gasteiger partial charge on any atom is -0.497 e. The van der Waals surface area contributed by atoms with Gasteiger partial charge in [-0.25, -0.2) is 0 Å². The largest absolute Gasteiger partial charge is 0.497 e. The van der Waals surface area contributed by atoms with Crippen molar-refractivity contribution in [2.24, 2.45) is 0 Å². The van der Waals surface area contributed by atoms with Gasteiger partial charge in [-0.2, -0.15) is 0 Å². The fraction of sp³-hybridized carbons (Fsp3) is 0.538. The lowest BCUT2D eigenvalue weighted by molar-refractivity contribution is -0.106. The fourth-order valence-electron chi connectivity index (χ4n) is 1.82. The van der Waals surface area contributed by atoms with Crippen molar-refractivity contribution >= 4 is 0 Å². The highest BCUT2D eigenvalue weighted by Crippen LogP contribution is 2.33. The molecule has 0 bridgehead atoms. The van der Waals surface area contributed by atoms with E-state index in [-0.39, 0.29) is 6.29 Å². The van der Waals surface area contributed by atoms with Crippen LogP contribution in [0.2, 0.25) is 0 Å². The van der Waals surface area contributed by atoms with Gasteiger partial charge in [0.2, 0.25) is 0 Å². The monoisotopic (exact) mass is 238 g/mol. The van der Waals surface area contributed by atoms with Crippen LogP contribution in [0.1, 0.15) is 19.3 Å². The molecule has 1 atom stereocenters. The van der Waals surface area contributed by atoms with E-state index in [1.807, 2.05) is 18.2 Å².